The molecule has 0 aliphatic heterocycles. The Morgan fingerprint density at radius 2 is 1.90 bits per heavy atom. The number of sulfonamides is 1. The molecule has 0 spiro atoms. The highest BCUT2D eigenvalue weighted by Gasteiger charge is 2.26. The molecule has 4 nitrogen and oxygen atoms in total. The molecule has 0 atom stereocenters. The SMILES string of the molecule is CN(c1cccc(Br)n1)S(=O)(=O)c1cccc(Cl)c1F. The average molecular weight is 380 g/mol. The largest absolute Gasteiger partial charge is 0.268 e. The maximum absolute atomic E-state index is 13.9. The molecule has 1 aromatic carbocycles. The second kappa shape index (κ2) is 5.67. The van der Waals surface area contributed by atoms with Crippen molar-refractivity contribution in [1.29, 1.82) is 0 Å². The van der Waals surface area contributed by atoms with Crippen molar-refractivity contribution in [1.82, 2.24) is 4.98 Å². The molecule has 1 heterocycles. The maximum atomic E-state index is 13.9. The van der Waals surface area contributed by atoms with Gasteiger partial charge >= 0.3 is 0 Å². The van der Waals surface area contributed by atoms with E-state index in [4.69, 9.17) is 11.6 Å². The zero-order valence-electron chi connectivity index (χ0n) is 10.2. The third-order valence-electron chi connectivity index (χ3n) is 2.58. The normalized spacial score (nSPS) is 11.4. The smallest absolute Gasteiger partial charge is 0.253 e. The van der Waals surface area contributed by atoms with Crippen LogP contribution in [0, 0.1) is 5.82 Å². The highest BCUT2D eigenvalue weighted by Crippen LogP contribution is 2.26. The van der Waals surface area contributed by atoms with Gasteiger partial charge in [-0.15, -0.1) is 0 Å². The van der Waals surface area contributed by atoms with Crippen molar-refractivity contribution in [2.45, 2.75) is 4.90 Å². The molecule has 8 heteroatoms. The first-order chi connectivity index (χ1) is 9.34. The summed E-state index contributed by atoms with van der Waals surface area (Å²) >= 11 is 8.77. The van der Waals surface area contributed by atoms with Crippen LogP contribution in [-0.4, -0.2) is 20.4 Å². The van der Waals surface area contributed by atoms with E-state index in [0.717, 1.165) is 10.4 Å². The molecule has 2 rings (SSSR count). The fourth-order valence-electron chi connectivity index (χ4n) is 1.53. The third-order valence-corrected chi connectivity index (χ3v) is 5.09. The number of halogens is 3. The zero-order valence-corrected chi connectivity index (χ0v) is 13.4. The molecule has 106 valence electrons. The Hall–Kier alpha value is -1.18. The Balaban J connectivity index is 2.52. The van der Waals surface area contributed by atoms with Gasteiger partial charge in [-0.25, -0.2) is 17.8 Å². The molecule has 1 aromatic heterocycles. The number of rotatable bonds is 3. The summed E-state index contributed by atoms with van der Waals surface area (Å²) in [5.74, 6) is -0.810. The van der Waals surface area contributed by atoms with Crippen LogP contribution in [0.25, 0.3) is 0 Å². The summed E-state index contributed by atoms with van der Waals surface area (Å²) in [6.07, 6.45) is 0. The molecule has 0 fully saturated rings. The molecule has 0 aliphatic rings. The second-order valence-electron chi connectivity index (χ2n) is 3.84. The molecule has 0 saturated carbocycles. The lowest BCUT2D eigenvalue weighted by molar-refractivity contribution is 0.566. The number of hydrogen-bond acceptors (Lipinski definition) is 3. The Morgan fingerprint density at radius 1 is 1.25 bits per heavy atom. The minimum absolute atomic E-state index is 0.166. The molecule has 0 saturated heterocycles. The van der Waals surface area contributed by atoms with E-state index < -0.39 is 20.7 Å². The first kappa shape index (κ1) is 15.2. The van der Waals surface area contributed by atoms with E-state index in [0.29, 0.717) is 4.60 Å². The van der Waals surface area contributed by atoms with Crippen molar-refractivity contribution in [3.05, 3.63) is 51.8 Å². The van der Waals surface area contributed by atoms with Crippen molar-refractivity contribution >= 4 is 43.4 Å². The number of benzene rings is 1. The molecule has 20 heavy (non-hydrogen) atoms. The van der Waals surface area contributed by atoms with Crippen LogP contribution in [0.2, 0.25) is 5.02 Å². The number of aromatic nitrogens is 1. The first-order valence-electron chi connectivity index (χ1n) is 5.39. The molecule has 0 amide bonds. The van der Waals surface area contributed by atoms with Gasteiger partial charge in [-0.3, -0.25) is 4.31 Å². The summed E-state index contributed by atoms with van der Waals surface area (Å²) in [5.41, 5.74) is 0. The van der Waals surface area contributed by atoms with Crippen molar-refractivity contribution < 1.29 is 12.8 Å². The summed E-state index contributed by atoms with van der Waals surface area (Å²) in [6, 6.07) is 8.61. The highest BCUT2D eigenvalue weighted by molar-refractivity contribution is 9.10. The van der Waals surface area contributed by atoms with Crippen LogP contribution in [0.3, 0.4) is 0 Å². The van der Waals surface area contributed by atoms with Gasteiger partial charge in [0.1, 0.15) is 15.3 Å². The fraction of sp³-hybridized carbons (Fsp3) is 0.0833. The Morgan fingerprint density at radius 3 is 2.55 bits per heavy atom. The number of anilines is 1. The van der Waals surface area contributed by atoms with E-state index in [1.54, 1.807) is 12.1 Å². The second-order valence-corrected chi connectivity index (χ2v) is 7.00. The summed E-state index contributed by atoms with van der Waals surface area (Å²) in [5, 5.41) is -0.248. The standard InChI is InChI=1S/C12H9BrClFN2O2S/c1-17(11-7-3-6-10(13)16-11)20(18,19)9-5-2-4-8(14)12(9)15/h2-7H,1H3. The lowest BCUT2D eigenvalue weighted by Gasteiger charge is -2.19. The molecule has 0 aliphatic carbocycles. The van der Waals surface area contributed by atoms with Crippen molar-refractivity contribution in [3.8, 4) is 0 Å². The van der Waals surface area contributed by atoms with Crippen LogP contribution in [0.4, 0.5) is 10.2 Å². The molecular weight excluding hydrogens is 371 g/mol. The predicted molar refractivity (Wildman–Crippen MR) is 78.9 cm³/mol. The van der Waals surface area contributed by atoms with E-state index in [-0.39, 0.29) is 10.8 Å². The molecule has 0 bridgehead atoms. The predicted octanol–water partition coefficient (Wildman–Crippen LogP) is 3.46. The Kier molecular flexibility index (Phi) is 4.31. The average Bonchev–Trinajstić information content (AvgIpc) is 2.40. The van der Waals surface area contributed by atoms with Gasteiger partial charge in [0, 0.05) is 7.05 Å². The molecule has 0 N–H and O–H groups in total. The van der Waals surface area contributed by atoms with Gasteiger partial charge < -0.3 is 0 Å². The van der Waals surface area contributed by atoms with Crippen molar-refractivity contribution in [3.63, 3.8) is 0 Å². The molecule has 0 unspecified atom stereocenters. The monoisotopic (exact) mass is 378 g/mol. The lowest BCUT2D eigenvalue weighted by Crippen LogP contribution is -2.28. The van der Waals surface area contributed by atoms with Gasteiger partial charge in [0.15, 0.2) is 5.82 Å². The van der Waals surface area contributed by atoms with Crippen LogP contribution < -0.4 is 4.31 Å². The van der Waals surface area contributed by atoms with Gasteiger partial charge in [0.2, 0.25) is 0 Å². The Bertz CT molecular complexity index is 755. The van der Waals surface area contributed by atoms with Gasteiger partial charge in [0.05, 0.1) is 5.02 Å². The first-order valence-corrected chi connectivity index (χ1v) is 8.00. The lowest BCUT2D eigenvalue weighted by atomic mass is 10.3. The minimum atomic E-state index is -4.07. The zero-order chi connectivity index (χ0) is 14.9. The van der Waals surface area contributed by atoms with Crippen LogP contribution in [0.5, 0.6) is 0 Å². The van der Waals surface area contributed by atoms with Gasteiger partial charge in [-0.1, -0.05) is 23.7 Å². The molecular formula is C12H9BrClFN2O2S. The molecule has 0 radical (unpaired) electrons. The summed E-state index contributed by atoms with van der Waals surface area (Å²) in [7, 11) is -2.78. The summed E-state index contributed by atoms with van der Waals surface area (Å²) < 4.78 is 40.0. The minimum Gasteiger partial charge on any atom is -0.253 e. The van der Waals surface area contributed by atoms with Crippen LogP contribution in [0.15, 0.2) is 45.9 Å². The van der Waals surface area contributed by atoms with E-state index in [1.807, 2.05) is 0 Å². The van der Waals surface area contributed by atoms with E-state index in [2.05, 4.69) is 20.9 Å². The fourth-order valence-corrected chi connectivity index (χ4v) is 3.32. The summed E-state index contributed by atoms with van der Waals surface area (Å²) in [4.78, 5) is 3.53. The Labute approximate surface area is 129 Å². The van der Waals surface area contributed by atoms with Crippen molar-refractivity contribution in [2.75, 3.05) is 11.4 Å². The van der Waals surface area contributed by atoms with Crippen LogP contribution >= 0.6 is 27.5 Å². The number of pyridine rings is 1. The van der Waals surface area contributed by atoms with Crippen LogP contribution in [0.1, 0.15) is 0 Å². The maximum Gasteiger partial charge on any atom is 0.268 e. The van der Waals surface area contributed by atoms with Crippen LogP contribution in [-0.2, 0) is 10.0 Å². The van der Waals surface area contributed by atoms with Gasteiger partial charge in [-0.05, 0) is 40.2 Å². The van der Waals surface area contributed by atoms with Gasteiger partial charge in [0.25, 0.3) is 10.0 Å². The van der Waals surface area contributed by atoms with E-state index >= 15 is 0 Å². The number of nitrogens with zero attached hydrogens (tertiary/aromatic N) is 2. The number of hydrogen-bond donors (Lipinski definition) is 0. The van der Waals surface area contributed by atoms with E-state index in [1.165, 1.54) is 25.2 Å². The highest BCUT2D eigenvalue weighted by atomic mass is 79.9. The molecule has 2 aromatic rings. The van der Waals surface area contributed by atoms with Gasteiger partial charge in [-0.2, -0.15) is 0 Å². The topological polar surface area (TPSA) is 50.3 Å². The third kappa shape index (κ3) is 2.79. The van der Waals surface area contributed by atoms with E-state index in [9.17, 15) is 12.8 Å². The quantitative estimate of drug-likeness (QED) is 0.767. The van der Waals surface area contributed by atoms with Crippen molar-refractivity contribution in [2.24, 2.45) is 0 Å². The summed E-state index contributed by atoms with van der Waals surface area (Å²) in [6.45, 7) is 0.